The summed E-state index contributed by atoms with van der Waals surface area (Å²) >= 11 is 0. The van der Waals surface area contributed by atoms with Crippen LogP contribution in [-0.2, 0) is 14.3 Å². The van der Waals surface area contributed by atoms with Gasteiger partial charge in [0.15, 0.2) is 0 Å². The van der Waals surface area contributed by atoms with Crippen LogP contribution in [0.1, 0.15) is 6.92 Å². The van der Waals surface area contributed by atoms with Gasteiger partial charge in [-0.2, -0.15) is 6.26 Å². The topological polar surface area (TPSA) is 43.4 Å². The van der Waals surface area contributed by atoms with Crippen LogP contribution in [0.2, 0.25) is 0 Å². The number of hydrogen-bond donors (Lipinski definition) is 0. The van der Waals surface area contributed by atoms with E-state index in [-0.39, 0.29) is 6.61 Å². The standard InChI is InChI=1S/C3H7O3S.Rf/c1-3-6-7(2,4)5;/h2-3H2,1H3;/q-1;. The summed E-state index contributed by atoms with van der Waals surface area (Å²) in [5, 5.41) is 0. The van der Waals surface area contributed by atoms with Crippen molar-refractivity contribution in [2.75, 3.05) is 6.61 Å². The fraction of sp³-hybridized carbons (Fsp3) is 0.667. The van der Waals surface area contributed by atoms with Crippen LogP contribution in [0.15, 0.2) is 0 Å². The molecular weight excluding hydrogens is 383 g/mol. The normalized spacial score (nSPS) is 10.2. The van der Waals surface area contributed by atoms with Gasteiger partial charge in [-0.1, -0.05) is 0 Å². The first kappa shape index (κ1) is 10.0. The summed E-state index contributed by atoms with van der Waals surface area (Å²) in [5.74, 6) is 0. The van der Waals surface area contributed by atoms with Crippen LogP contribution in [0.3, 0.4) is 0 Å². The Morgan fingerprint density at radius 1 is 1.62 bits per heavy atom. The van der Waals surface area contributed by atoms with Gasteiger partial charge in [-0.25, -0.2) is 8.42 Å². The van der Waals surface area contributed by atoms with Crippen LogP contribution >= 0.6 is 0 Å². The van der Waals surface area contributed by atoms with Crippen molar-refractivity contribution in [3.63, 3.8) is 0 Å². The van der Waals surface area contributed by atoms with Gasteiger partial charge in [-0.15, -0.1) is 0 Å². The van der Waals surface area contributed by atoms with Crippen molar-refractivity contribution in [1.29, 1.82) is 0 Å². The molecule has 0 aromatic heterocycles. The van der Waals surface area contributed by atoms with E-state index in [9.17, 15) is 8.42 Å². The van der Waals surface area contributed by atoms with E-state index in [0.29, 0.717) is 0 Å². The number of rotatable bonds is 2. The van der Waals surface area contributed by atoms with E-state index in [2.05, 4.69) is 10.4 Å². The summed E-state index contributed by atoms with van der Waals surface area (Å²) in [6, 6.07) is 0. The van der Waals surface area contributed by atoms with Gasteiger partial charge in [0, 0.05) is 0 Å². The fourth-order valence-electron chi connectivity index (χ4n) is 0.180. The van der Waals surface area contributed by atoms with Crippen molar-refractivity contribution in [2.45, 2.75) is 6.92 Å². The maximum atomic E-state index is 9.90. The number of hydrogen-bond acceptors (Lipinski definition) is 3. The minimum atomic E-state index is -3.42. The molecule has 0 saturated carbocycles. The molecule has 3 nitrogen and oxygen atoms in total. The molecular formula is C3H7O3RfS-. The first-order valence-corrected chi connectivity index (χ1v) is 3.36. The minimum Gasteiger partial charge on any atom is -0.294 e. The Balaban J connectivity index is 0. The third-order valence-electron chi connectivity index (χ3n) is 0.297. The van der Waals surface area contributed by atoms with E-state index in [1.807, 2.05) is 0 Å². The van der Waals surface area contributed by atoms with Gasteiger partial charge in [-0.3, -0.25) is 4.18 Å². The van der Waals surface area contributed by atoms with Gasteiger partial charge < -0.3 is 0 Å². The van der Waals surface area contributed by atoms with Crippen LogP contribution < -0.4 is 0 Å². The molecule has 46 valence electrons. The molecule has 0 aliphatic carbocycles. The zero-order valence-corrected chi connectivity index (χ0v) is 12.0. The summed E-state index contributed by atoms with van der Waals surface area (Å²) in [6.07, 6.45) is 2.71. The van der Waals surface area contributed by atoms with Gasteiger partial charge in [0.05, 0.1) is 6.61 Å². The van der Waals surface area contributed by atoms with Crippen LogP contribution in [0.25, 0.3) is 0 Å². The van der Waals surface area contributed by atoms with Gasteiger partial charge >= 0.3 is 0 Å². The molecule has 0 radical (unpaired) electrons. The third kappa shape index (κ3) is 8.86. The summed E-state index contributed by atoms with van der Waals surface area (Å²) in [4.78, 5) is 0. The molecule has 5 heteroatoms. The van der Waals surface area contributed by atoms with Crippen molar-refractivity contribution in [1.82, 2.24) is 0 Å². The first-order valence-electron chi connectivity index (χ1n) is 1.78. The fourth-order valence-corrected chi connectivity index (χ4v) is 0.539. The first-order chi connectivity index (χ1) is 3.06. The van der Waals surface area contributed by atoms with E-state index >= 15 is 0 Å². The van der Waals surface area contributed by atoms with E-state index in [0.717, 1.165) is 0 Å². The van der Waals surface area contributed by atoms with Crippen LogP contribution in [0, 0.1) is 6.26 Å². The van der Waals surface area contributed by atoms with E-state index < -0.39 is 10.1 Å². The molecule has 0 heterocycles. The average molecular weight is 390 g/mol. The quantitative estimate of drug-likeness (QED) is 0.498. The van der Waals surface area contributed by atoms with Crippen LogP contribution in [0.4, 0.5) is 0 Å². The Labute approximate surface area is 43.4 Å². The molecule has 0 atom stereocenters. The predicted molar refractivity (Wildman–Crippen MR) is 25.9 cm³/mol. The molecule has 0 amide bonds. The zero-order valence-electron chi connectivity index (χ0n) is 4.75. The van der Waals surface area contributed by atoms with Crippen molar-refractivity contribution in [3.05, 3.63) is 6.26 Å². The molecule has 0 rings (SSSR count). The Morgan fingerprint density at radius 2 is 2.00 bits per heavy atom. The smallest absolute Gasteiger partial charge is 0.133 e. The molecule has 0 fully saturated rings. The van der Waals surface area contributed by atoms with E-state index in [1.54, 1.807) is 6.92 Å². The third-order valence-corrected chi connectivity index (χ3v) is 0.892. The summed E-state index contributed by atoms with van der Waals surface area (Å²) in [7, 11) is -3.42. The predicted octanol–water partition coefficient (Wildman–Crippen LogP) is 0.144. The largest absolute Gasteiger partial charge is 0.294 e. The monoisotopic (exact) mass is 390 g/mol. The maximum Gasteiger partial charge on any atom is 0.133 e. The molecule has 0 spiro atoms. The van der Waals surface area contributed by atoms with Gasteiger partial charge in [-0.05, 0) is 6.92 Å². The molecule has 0 aromatic carbocycles. The van der Waals surface area contributed by atoms with Gasteiger partial charge in [0.25, 0.3) is 0 Å². The Bertz CT molecular complexity index is 127. The van der Waals surface area contributed by atoms with Crippen molar-refractivity contribution in [3.8, 4) is 0 Å². The van der Waals surface area contributed by atoms with Crippen molar-refractivity contribution in [2.24, 2.45) is 0 Å². The van der Waals surface area contributed by atoms with Gasteiger partial charge in [0.1, 0.15) is 10.1 Å². The SMILES string of the molecule is [CH2-]S(=O)(=O)OCC.[Rf]. The molecule has 0 saturated heterocycles. The second-order valence-corrected chi connectivity index (χ2v) is 2.32. The Kier molecular flexibility index (Phi) is 3.73. The second kappa shape index (κ2) is 2.98. The second-order valence-electron chi connectivity index (χ2n) is 0.964. The molecule has 0 bridgehead atoms. The molecule has 0 aromatic rings. The van der Waals surface area contributed by atoms with E-state index in [4.69, 9.17) is 0 Å². The average Bonchev–Trinajstić information content (AvgIpc) is 1.30. The molecule has 0 aliphatic rings. The van der Waals surface area contributed by atoms with Crippen molar-refractivity contribution >= 4 is 10.1 Å². The molecule has 0 unspecified atom stereocenters. The summed E-state index contributed by atoms with van der Waals surface area (Å²) in [6.45, 7) is 1.74. The van der Waals surface area contributed by atoms with E-state index in [1.165, 1.54) is 0 Å². The molecule has 0 aliphatic heterocycles. The summed E-state index contributed by atoms with van der Waals surface area (Å²) in [5.41, 5.74) is 0. The summed E-state index contributed by atoms with van der Waals surface area (Å²) < 4.78 is 23.9. The Hall–Kier alpha value is -1.09. The molecule has 8 heavy (non-hydrogen) atoms. The maximum absolute atomic E-state index is 9.90. The van der Waals surface area contributed by atoms with Crippen molar-refractivity contribution < 1.29 is 12.6 Å². The molecule has 0 N–H and O–H groups in total. The van der Waals surface area contributed by atoms with Crippen LogP contribution in [-0.4, -0.2) is 15.0 Å². The Morgan fingerprint density at radius 3 is 2.00 bits per heavy atom. The van der Waals surface area contributed by atoms with Crippen LogP contribution in [0.5, 0.6) is 0 Å². The van der Waals surface area contributed by atoms with Gasteiger partial charge in [0.2, 0.25) is 0 Å². The minimum absolute atomic E-state index is 0. The zero-order chi connectivity index (χ0) is 5.91.